The molecule has 0 radical (unpaired) electrons. The van der Waals surface area contributed by atoms with Crippen molar-refractivity contribution in [2.24, 2.45) is 0 Å². The Kier molecular flexibility index (Phi) is 309000. The first-order valence-corrected chi connectivity index (χ1v) is 2.00. The second kappa shape index (κ2) is 48600. The molecule has 0 atom stereocenters. The number of hydrogen-bond acceptors (Lipinski definition) is 0. The first-order valence-electron chi connectivity index (χ1n) is 2.00. The molecule has 44 valence electrons. The maximum atomic E-state index is 2.00. The van der Waals surface area contributed by atoms with Gasteiger partial charge in [0, 0.05) is 0 Å². The summed E-state index contributed by atoms with van der Waals surface area (Å²) in [5, 5.41) is 0. The zero-order valence-corrected chi connectivity index (χ0v) is 4.50. The molecule has 0 amide bonds. The molecule has 0 aromatic carbocycles. The van der Waals surface area contributed by atoms with Gasteiger partial charge in [-0.3, -0.25) is 0 Å². The smallest absolute Gasteiger partial charge is 0.412 e. The van der Waals surface area contributed by atoms with E-state index in [0.717, 1.165) is 0 Å². The highest BCUT2D eigenvalue weighted by atomic mass is 16.0. The van der Waals surface area contributed by atoms with Crippen LogP contribution in [0.3, 0.4) is 0 Å². The minimum Gasteiger partial charge on any atom is -0.412 e. The Morgan fingerprint density at radius 3 is 0.833 bits per heavy atom. The molecule has 1 heteroatoms. The summed E-state index contributed by atoms with van der Waals surface area (Å²) >= 11 is 0. The van der Waals surface area contributed by atoms with Crippen molar-refractivity contribution in [2.45, 2.75) is 35.1 Å². The molecule has 0 rings (SSSR count). The highest BCUT2D eigenvalue weighted by Crippen LogP contribution is 1.15. The molecule has 0 aromatic rings. The molecule has 0 fully saturated rings. The molecule has 0 saturated carbocycles. The summed E-state index contributed by atoms with van der Waals surface area (Å²) in [6.45, 7) is 8.00. The topological polar surface area (TPSA) is 31.5 Å². The van der Waals surface area contributed by atoms with E-state index < -0.39 is 0 Å². The van der Waals surface area contributed by atoms with Gasteiger partial charge in [0.2, 0.25) is 0 Å². The first-order chi connectivity index (χ1) is 2.00. The average molecular weight is 96.2 g/mol. The van der Waals surface area contributed by atoms with Crippen LogP contribution in [0.1, 0.15) is 38.0 Å². The minimum absolute atomic E-state index is 0. The van der Waals surface area contributed by atoms with E-state index in [-0.39, 0.29) is 15.8 Å². The third-order valence-corrected chi connectivity index (χ3v) is 0. The van der Waals surface area contributed by atoms with Crippen LogP contribution in [0, 0.1) is 0 Å². The van der Waals surface area contributed by atoms with E-state index in [2.05, 4.69) is 0 Å². The molecule has 0 aliphatic heterocycles. The first kappa shape index (κ1) is 38.2. The summed E-state index contributed by atoms with van der Waals surface area (Å²) in [6.07, 6.45) is 0. The van der Waals surface area contributed by atoms with Crippen LogP contribution in [0.25, 0.3) is 0 Å². The zero-order chi connectivity index (χ0) is 4.00. The molecule has 0 aliphatic rings. The predicted molar refractivity (Wildman–Crippen MR) is 35.3 cm³/mol. The van der Waals surface area contributed by atoms with E-state index in [0.29, 0.717) is 0 Å². The standard InChI is InChI=1S/2C2H6.CH4.H2O/c2*1-2;;/h2*1-2H3;1H4;1H2/p+2. The van der Waals surface area contributed by atoms with Crippen LogP contribution >= 0.6 is 0 Å². The normalized spacial score (nSPS) is 2.00. The fraction of sp³-hybridized carbons (Fsp3) is 1.00. The third-order valence-electron chi connectivity index (χ3n) is 0. The van der Waals surface area contributed by atoms with Crippen molar-refractivity contribution in [3.63, 3.8) is 0 Å². The van der Waals surface area contributed by atoms with E-state index in [4.69, 9.17) is 0 Å². The van der Waals surface area contributed by atoms with Crippen molar-refractivity contribution in [1.29, 1.82) is 0 Å². The Hall–Kier alpha value is -0.0400. The molecule has 1 nitrogen and oxygen atoms in total. The monoisotopic (exact) mass is 96.2 g/mol. The van der Waals surface area contributed by atoms with Crippen molar-refractivity contribution >= 4 is 0 Å². The van der Waals surface area contributed by atoms with Crippen molar-refractivity contribution in [3.05, 3.63) is 0 Å². The number of rotatable bonds is 0. The molecule has 0 heterocycles. The van der Waals surface area contributed by atoms with Gasteiger partial charge in [-0.25, -0.2) is 0 Å². The van der Waals surface area contributed by atoms with Gasteiger partial charge in [-0.2, -0.15) is 0 Å². The van der Waals surface area contributed by atoms with Crippen LogP contribution in [0.2, 0.25) is 0 Å². The summed E-state index contributed by atoms with van der Waals surface area (Å²) < 4.78 is 0. The van der Waals surface area contributed by atoms with Crippen LogP contribution < -0.4 is 0 Å². The highest BCUT2D eigenvalue weighted by Gasteiger charge is 0.934. The zero-order valence-electron chi connectivity index (χ0n) is 6.50. The van der Waals surface area contributed by atoms with Crippen molar-refractivity contribution in [1.82, 2.24) is 0 Å². The van der Waals surface area contributed by atoms with E-state index >= 15 is 0 Å². The van der Waals surface area contributed by atoms with E-state index in [1.165, 1.54) is 0 Å². The summed E-state index contributed by atoms with van der Waals surface area (Å²) in [5.41, 5.74) is 0. The number of hydrogen-bond donors (Lipinski definition) is 0. The Bertz CT molecular complexity index is 10.4. The molecule has 0 aromatic heterocycles. The summed E-state index contributed by atoms with van der Waals surface area (Å²) in [4.78, 5) is 0. The van der Waals surface area contributed by atoms with Crippen molar-refractivity contribution in [3.8, 4) is 0 Å². The van der Waals surface area contributed by atoms with Crippen LogP contribution in [0.4, 0.5) is 0 Å². The molecule has 0 saturated heterocycles. The van der Waals surface area contributed by atoms with Gasteiger partial charge in [-0.1, -0.05) is 35.1 Å². The van der Waals surface area contributed by atoms with Gasteiger partial charge < -0.3 is 5.48 Å². The highest BCUT2D eigenvalue weighted by molar-refractivity contribution is 3.51. The van der Waals surface area contributed by atoms with E-state index in [1.54, 1.807) is 0 Å². The van der Waals surface area contributed by atoms with Gasteiger partial charge in [0.25, 0.3) is 0 Å². The summed E-state index contributed by atoms with van der Waals surface area (Å²) in [6, 6.07) is 0. The average Bonchev–Trinajstić information content (AvgIpc) is 1.50. The summed E-state index contributed by atoms with van der Waals surface area (Å²) in [7, 11) is 0. The molecule has 0 unspecified atom stereocenters. The quantitative estimate of drug-likeness (QED) is 0.442. The van der Waals surface area contributed by atoms with Gasteiger partial charge in [0.1, 0.15) is 0 Å². The molecule has 0 spiro atoms. The predicted octanol–water partition coefficient (Wildman–Crippen LogP) is 2.09. The van der Waals surface area contributed by atoms with E-state index in [9.17, 15) is 0 Å². The lowest BCUT2D eigenvalue weighted by atomic mass is 11.0. The van der Waals surface area contributed by atoms with Crippen LogP contribution in [0.15, 0.2) is 0 Å². The third kappa shape index (κ3) is 21700. The molecular formula is C5H20O+2. The Morgan fingerprint density at radius 2 is 0.833 bits per heavy atom. The van der Waals surface area contributed by atoms with Gasteiger partial charge in [0.05, 0.1) is 0 Å². The molecule has 2 N–H and O–H groups in total. The molecule has 6 heavy (non-hydrogen) atoms. The van der Waals surface area contributed by atoms with Gasteiger partial charge in [0.15, 0.2) is 0 Å². The lowest BCUT2D eigenvalue weighted by molar-refractivity contribution is 0.824. The largest absolute Gasteiger partial charge is 1.00 e. The molecular weight excluding hydrogens is 76.1 g/mol. The SMILES string of the molecule is C.CC.CC.O.[H+].[H+]. The van der Waals surface area contributed by atoms with Gasteiger partial charge in [-0.15, -0.1) is 0 Å². The van der Waals surface area contributed by atoms with Crippen LogP contribution in [-0.4, -0.2) is 5.48 Å². The maximum absolute atomic E-state index is 2.00. The summed E-state index contributed by atoms with van der Waals surface area (Å²) in [5.74, 6) is 0. The van der Waals surface area contributed by atoms with Crippen LogP contribution in [-0.2, 0) is 0 Å². The van der Waals surface area contributed by atoms with Crippen LogP contribution in [0.5, 0.6) is 0 Å². The Labute approximate surface area is 44.7 Å². The maximum Gasteiger partial charge on any atom is 1.00 e. The van der Waals surface area contributed by atoms with Gasteiger partial charge in [-0.05, 0) is 0 Å². The van der Waals surface area contributed by atoms with Crippen molar-refractivity contribution < 1.29 is 8.33 Å². The lowest BCUT2D eigenvalue weighted by Gasteiger charge is -1.07. The van der Waals surface area contributed by atoms with Gasteiger partial charge >= 0.3 is 2.85 Å². The Balaban J connectivity index is -0.00000000167. The fourth-order valence-electron chi connectivity index (χ4n) is 0. The molecule has 0 bridgehead atoms. The fourth-order valence-corrected chi connectivity index (χ4v) is 0. The minimum atomic E-state index is 0. The van der Waals surface area contributed by atoms with E-state index in [1.807, 2.05) is 27.7 Å². The van der Waals surface area contributed by atoms with Crippen molar-refractivity contribution in [2.75, 3.05) is 0 Å². The second-order valence-corrected chi connectivity index (χ2v) is 0. The lowest BCUT2D eigenvalue weighted by Crippen LogP contribution is -0.856. The second-order valence-electron chi connectivity index (χ2n) is 0. The molecule has 0 aliphatic carbocycles. The Morgan fingerprint density at radius 1 is 0.833 bits per heavy atom.